The van der Waals surface area contributed by atoms with Crippen LogP contribution in [-0.4, -0.2) is 42.3 Å². The third-order valence-corrected chi connectivity index (χ3v) is 7.64. The largest absolute Gasteiger partial charge is 1.00 e. The second kappa shape index (κ2) is 9.30. The second-order valence-electron chi connectivity index (χ2n) is 6.75. The third-order valence-electron chi connectivity index (χ3n) is 5.76. The summed E-state index contributed by atoms with van der Waals surface area (Å²) >= 11 is 25.3. The summed E-state index contributed by atoms with van der Waals surface area (Å²) in [6.07, 6.45) is 0.423. The fourth-order valence-corrected chi connectivity index (χ4v) is 4.57. The predicted octanol–water partition coefficient (Wildman–Crippen LogP) is -0.399. The van der Waals surface area contributed by atoms with E-state index in [9.17, 15) is 0 Å². The topological polar surface area (TPSA) is 0 Å². The Morgan fingerprint density at radius 1 is 0.875 bits per heavy atom. The molecule has 0 N–H and O–H groups in total. The number of halogens is 6. The molecule has 0 spiro atoms. The van der Waals surface area contributed by atoms with Crippen molar-refractivity contribution in [3.8, 4) is 0 Å². The van der Waals surface area contributed by atoms with Crippen molar-refractivity contribution in [2.45, 2.75) is 40.0 Å². The van der Waals surface area contributed by atoms with Gasteiger partial charge in [0, 0.05) is 18.1 Å². The molecule has 0 amide bonds. The fraction of sp³-hybridized carbons (Fsp3) is 0.625. The van der Waals surface area contributed by atoms with Gasteiger partial charge in [-0.2, -0.15) is 0 Å². The molecule has 2 nitrogen and oxygen atoms in total. The lowest BCUT2D eigenvalue weighted by atomic mass is 10.1. The van der Waals surface area contributed by atoms with Crippen LogP contribution in [0, 0.1) is 0 Å². The molecule has 1 aromatic rings. The maximum Gasteiger partial charge on any atom is 0.213 e. The Hall–Kier alpha value is 1.76. The van der Waals surface area contributed by atoms with Crippen molar-refractivity contribution < 1.29 is 56.9 Å². The fourth-order valence-electron chi connectivity index (χ4n) is 3.52. The molecule has 0 fully saturated rings. The zero-order chi connectivity index (χ0) is 16.9. The van der Waals surface area contributed by atoms with Crippen molar-refractivity contribution in [1.82, 2.24) is 0 Å². The van der Waals surface area contributed by atoms with Crippen molar-refractivity contribution in [3.05, 3.63) is 31.2 Å². The van der Waals surface area contributed by atoms with Gasteiger partial charge in [-0.3, -0.25) is 8.97 Å². The quantitative estimate of drug-likeness (QED) is 0.182. The van der Waals surface area contributed by atoms with E-state index in [0.717, 1.165) is 46.3 Å². The monoisotopic (exact) mass is 638 g/mol. The van der Waals surface area contributed by atoms with Gasteiger partial charge in [-0.15, -0.1) is 0 Å². The number of nitrogens with zero attached hydrogens (tertiary/aromatic N) is 2. The van der Waals surface area contributed by atoms with E-state index < -0.39 is 0 Å². The average Bonchev–Trinajstić information content (AvgIpc) is 2.88. The van der Waals surface area contributed by atoms with E-state index in [1.165, 1.54) is 0 Å². The summed E-state index contributed by atoms with van der Waals surface area (Å²) in [4.78, 5) is 0. The zero-order valence-electron chi connectivity index (χ0n) is 14.6. The predicted molar refractivity (Wildman–Crippen MR) is 96.8 cm³/mol. The Kier molecular flexibility index (Phi) is 9.99. The SMILES string of the molecule is CC[N+](C)(CC)C(C)[N+]1(C)Cc2c(Cl)c(Cl)c(Cl)c(Cl)c2C1.[I-].[I-]. The van der Waals surface area contributed by atoms with Crippen LogP contribution in [-0.2, 0) is 13.1 Å². The van der Waals surface area contributed by atoms with Crippen LogP contribution in [0.1, 0.15) is 31.9 Å². The highest BCUT2D eigenvalue weighted by molar-refractivity contribution is 6.52. The molecule has 24 heavy (non-hydrogen) atoms. The summed E-state index contributed by atoms with van der Waals surface area (Å²) in [5.41, 5.74) is 2.10. The molecule has 0 saturated heterocycles. The van der Waals surface area contributed by atoms with Gasteiger partial charge in [0.25, 0.3) is 0 Å². The summed E-state index contributed by atoms with van der Waals surface area (Å²) in [6.45, 7) is 10.6. The van der Waals surface area contributed by atoms with Crippen molar-refractivity contribution in [1.29, 1.82) is 0 Å². The number of hydrogen-bond donors (Lipinski definition) is 0. The molecule has 0 bridgehead atoms. The van der Waals surface area contributed by atoms with Crippen molar-refractivity contribution in [2.24, 2.45) is 0 Å². The second-order valence-corrected chi connectivity index (χ2v) is 8.26. The highest BCUT2D eigenvalue weighted by Gasteiger charge is 2.47. The number of benzene rings is 1. The molecule has 1 aliphatic rings. The Morgan fingerprint density at radius 2 is 1.21 bits per heavy atom. The van der Waals surface area contributed by atoms with E-state index in [1.807, 2.05) is 0 Å². The molecule has 0 radical (unpaired) electrons. The summed E-state index contributed by atoms with van der Waals surface area (Å²) in [5, 5.41) is 1.86. The van der Waals surface area contributed by atoms with Crippen LogP contribution >= 0.6 is 46.4 Å². The molecule has 140 valence electrons. The number of fused-ring (bicyclic) bond motifs is 1. The smallest absolute Gasteiger partial charge is 0.213 e. The number of hydrogen-bond acceptors (Lipinski definition) is 0. The molecule has 8 heteroatoms. The lowest BCUT2D eigenvalue weighted by Gasteiger charge is -2.46. The first-order valence-electron chi connectivity index (χ1n) is 7.63. The van der Waals surface area contributed by atoms with Gasteiger partial charge in [0.05, 0.1) is 47.3 Å². The average molecular weight is 640 g/mol. The van der Waals surface area contributed by atoms with E-state index in [2.05, 4.69) is 34.9 Å². The molecule has 1 atom stereocenters. The van der Waals surface area contributed by atoms with E-state index in [0.29, 0.717) is 26.3 Å². The molecule has 1 unspecified atom stereocenters. The van der Waals surface area contributed by atoms with E-state index in [4.69, 9.17) is 46.4 Å². The Morgan fingerprint density at radius 3 is 1.50 bits per heavy atom. The van der Waals surface area contributed by atoms with Crippen molar-refractivity contribution in [2.75, 3.05) is 27.2 Å². The minimum Gasteiger partial charge on any atom is -1.00 e. The summed E-state index contributed by atoms with van der Waals surface area (Å²) in [6, 6.07) is 0. The molecular formula is C16H24Cl4I2N2. The molecule has 0 aromatic heterocycles. The molecule has 1 heterocycles. The minimum absolute atomic E-state index is 0. The Balaban J connectivity index is 0.00000264. The van der Waals surface area contributed by atoms with Crippen LogP contribution in [0.15, 0.2) is 0 Å². The zero-order valence-corrected chi connectivity index (χ0v) is 21.9. The van der Waals surface area contributed by atoms with Crippen molar-refractivity contribution >= 4 is 46.4 Å². The molecule has 1 aliphatic heterocycles. The molecule has 0 aliphatic carbocycles. The minimum atomic E-state index is 0. The van der Waals surface area contributed by atoms with E-state index >= 15 is 0 Å². The van der Waals surface area contributed by atoms with Crippen LogP contribution in [0.5, 0.6) is 0 Å². The van der Waals surface area contributed by atoms with Crippen LogP contribution in [0.25, 0.3) is 0 Å². The molecular weight excluding hydrogens is 616 g/mol. The van der Waals surface area contributed by atoms with Gasteiger partial charge in [-0.1, -0.05) is 46.4 Å². The van der Waals surface area contributed by atoms with Crippen molar-refractivity contribution in [3.63, 3.8) is 0 Å². The normalized spacial score (nSPS) is 16.9. The van der Waals surface area contributed by atoms with E-state index in [1.54, 1.807) is 0 Å². The van der Waals surface area contributed by atoms with Crippen LogP contribution in [0.2, 0.25) is 20.1 Å². The van der Waals surface area contributed by atoms with Crippen LogP contribution in [0.4, 0.5) is 0 Å². The van der Waals surface area contributed by atoms with Gasteiger partial charge in [0.2, 0.25) is 6.17 Å². The molecule has 1 aromatic carbocycles. The van der Waals surface area contributed by atoms with Gasteiger partial charge in [-0.05, 0) is 13.8 Å². The van der Waals surface area contributed by atoms with Gasteiger partial charge < -0.3 is 48.0 Å². The first-order chi connectivity index (χ1) is 10.1. The third kappa shape index (κ3) is 4.26. The van der Waals surface area contributed by atoms with E-state index in [-0.39, 0.29) is 48.0 Å². The van der Waals surface area contributed by atoms with Gasteiger partial charge in [-0.25, -0.2) is 0 Å². The lowest BCUT2D eigenvalue weighted by molar-refractivity contribution is -1.12. The van der Waals surface area contributed by atoms with Crippen LogP contribution < -0.4 is 48.0 Å². The Bertz CT molecular complexity index is 569. The number of quaternary nitrogens is 2. The standard InChI is InChI=1S/C16H24Cl4N2.2HI/c1-6-21(4,7-2)10(3)22(5)8-11-12(9-22)14(18)16(20)15(19)13(11)17;;/h10H,6-9H2,1-5H3;2*1H/q+2;;/p-2. The van der Waals surface area contributed by atoms with Gasteiger partial charge in [0.1, 0.15) is 13.1 Å². The highest BCUT2D eigenvalue weighted by Crippen LogP contribution is 2.47. The Labute approximate surface area is 200 Å². The summed E-state index contributed by atoms with van der Waals surface area (Å²) < 4.78 is 1.87. The maximum atomic E-state index is 6.44. The molecule has 0 saturated carbocycles. The first kappa shape index (κ1) is 25.8. The lowest BCUT2D eigenvalue weighted by Crippen LogP contribution is -3.00. The summed E-state index contributed by atoms with van der Waals surface area (Å²) in [5.74, 6) is 0. The molecule has 2 rings (SSSR count). The van der Waals surface area contributed by atoms with Gasteiger partial charge in [0.15, 0.2) is 0 Å². The summed E-state index contributed by atoms with van der Waals surface area (Å²) in [7, 11) is 4.57. The first-order valence-corrected chi connectivity index (χ1v) is 9.14. The number of rotatable bonds is 4. The maximum absolute atomic E-state index is 6.44. The van der Waals surface area contributed by atoms with Gasteiger partial charge >= 0.3 is 0 Å². The highest BCUT2D eigenvalue weighted by atomic mass is 127. The van der Waals surface area contributed by atoms with Crippen LogP contribution in [0.3, 0.4) is 0 Å².